The molecule has 316 valence electrons. The number of nitrogens with two attached hydrogens (primary N) is 1. The molecule has 54 heavy (non-hydrogen) atoms. The van der Waals surface area contributed by atoms with Gasteiger partial charge in [0, 0.05) is 19.4 Å². The number of hydrogen-bond acceptors (Lipinski definition) is 9. The predicted octanol–water partition coefficient (Wildman–Crippen LogP) is 11.4. The van der Waals surface area contributed by atoms with E-state index in [1.165, 1.54) is 89.9 Å². The number of hydrogen-bond donors (Lipinski definition) is 2. The average molecular weight is 786 g/mol. The lowest BCUT2D eigenvalue weighted by Crippen LogP contribution is -2.29. The third-order valence-electron chi connectivity index (χ3n) is 9.73. The number of phosphoric ester groups is 1. The van der Waals surface area contributed by atoms with Crippen molar-refractivity contribution in [2.45, 2.75) is 212 Å². The molecule has 0 bridgehead atoms. The summed E-state index contributed by atoms with van der Waals surface area (Å²) in [5.41, 5.74) is 5.35. The first-order valence-electron chi connectivity index (χ1n) is 21.9. The second kappa shape index (κ2) is 35.8. The molecule has 4 atom stereocenters. The zero-order valence-electron chi connectivity index (χ0n) is 34.4. The van der Waals surface area contributed by atoms with Crippen LogP contribution >= 0.6 is 7.82 Å². The Kier molecular flexibility index (Phi) is 33.5. The molecule has 1 heterocycles. The van der Waals surface area contributed by atoms with Crippen molar-refractivity contribution in [2.75, 3.05) is 26.4 Å². The SMILES string of the molecule is CCCCCCCC/C=C\CCCCCCCCCC(=O)O[C@H](COC(=O)CCCCCCC/C=C\CC1OC1CCCCC)COP(=O)(O)OCCN. The van der Waals surface area contributed by atoms with Gasteiger partial charge < -0.3 is 24.8 Å². The maximum absolute atomic E-state index is 12.6. The van der Waals surface area contributed by atoms with Gasteiger partial charge in [-0.2, -0.15) is 0 Å². The van der Waals surface area contributed by atoms with Crippen LogP contribution in [-0.2, 0) is 37.4 Å². The van der Waals surface area contributed by atoms with Gasteiger partial charge in [0.1, 0.15) is 6.61 Å². The van der Waals surface area contributed by atoms with Crippen LogP contribution in [0.15, 0.2) is 24.3 Å². The molecule has 0 aromatic rings. The van der Waals surface area contributed by atoms with Gasteiger partial charge in [0.2, 0.25) is 0 Å². The summed E-state index contributed by atoms with van der Waals surface area (Å²) in [6, 6.07) is 0. The molecule has 0 spiro atoms. The predicted molar refractivity (Wildman–Crippen MR) is 219 cm³/mol. The Morgan fingerprint density at radius 1 is 0.648 bits per heavy atom. The lowest BCUT2D eigenvalue weighted by atomic mass is 10.1. The number of ether oxygens (including phenoxy) is 3. The van der Waals surface area contributed by atoms with E-state index in [-0.39, 0.29) is 32.6 Å². The third kappa shape index (κ3) is 32.7. The third-order valence-corrected chi connectivity index (χ3v) is 10.7. The Balaban J connectivity index is 2.17. The molecular formula is C43H80NO9P. The number of unbranched alkanes of at least 4 members (excludes halogenated alkanes) is 20. The van der Waals surface area contributed by atoms with Crippen LogP contribution in [0.1, 0.15) is 194 Å². The Bertz CT molecular complexity index is 1010. The number of epoxide rings is 1. The van der Waals surface area contributed by atoms with Crippen molar-refractivity contribution in [1.82, 2.24) is 0 Å². The zero-order valence-corrected chi connectivity index (χ0v) is 35.3. The number of rotatable bonds is 40. The molecule has 1 aliphatic rings. The topological polar surface area (TPSA) is 147 Å². The highest BCUT2D eigenvalue weighted by Gasteiger charge is 2.36. The summed E-state index contributed by atoms with van der Waals surface area (Å²) < 4.78 is 38.5. The van der Waals surface area contributed by atoms with Crippen LogP contribution in [0.5, 0.6) is 0 Å². The molecule has 0 aromatic carbocycles. The van der Waals surface area contributed by atoms with E-state index in [1.807, 2.05) is 0 Å². The summed E-state index contributed by atoms with van der Waals surface area (Å²) >= 11 is 0. The molecule has 0 amide bonds. The Hall–Kier alpha value is -1.55. The first kappa shape index (κ1) is 50.5. The summed E-state index contributed by atoms with van der Waals surface area (Å²) in [5.74, 6) is -0.851. The number of carbonyl (C=O) groups is 2. The van der Waals surface area contributed by atoms with Crippen molar-refractivity contribution in [3.8, 4) is 0 Å². The standard InChI is InChI=1S/C43H80NO9P/c1-3-5-7-8-9-10-11-12-13-14-15-16-17-18-23-26-30-34-43(46)52-39(38-51-54(47,48)50-36-35-44)37-49-42(45)33-29-25-22-20-19-21-24-28-32-41-40(53-41)31-27-6-4-2/h12-13,24,28,39-41H,3-11,14-23,25-27,29-38,44H2,1-2H3,(H,47,48)/b13-12-,28-24-/t39-,40?,41?/m1/s1. The fourth-order valence-electron chi connectivity index (χ4n) is 6.34. The number of allylic oxidation sites excluding steroid dienone is 3. The smallest absolute Gasteiger partial charge is 0.462 e. The minimum atomic E-state index is -4.38. The van der Waals surface area contributed by atoms with Gasteiger partial charge in [-0.1, -0.05) is 141 Å². The van der Waals surface area contributed by atoms with Gasteiger partial charge in [-0.15, -0.1) is 0 Å². The van der Waals surface area contributed by atoms with Gasteiger partial charge in [0.05, 0.1) is 25.4 Å². The summed E-state index contributed by atoms with van der Waals surface area (Å²) in [6.07, 6.45) is 39.4. The highest BCUT2D eigenvalue weighted by molar-refractivity contribution is 7.47. The van der Waals surface area contributed by atoms with Crippen molar-refractivity contribution < 1.29 is 42.3 Å². The minimum Gasteiger partial charge on any atom is -0.462 e. The largest absolute Gasteiger partial charge is 0.472 e. The normalized spacial score (nSPS) is 17.3. The van der Waals surface area contributed by atoms with E-state index < -0.39 is 32.5 Å². The van der Waals surface area contributed by atoms with Crippen LogP contribution in [0.25, 0.3) is 0 Å². The van der Waals surface area contributed by atoms with Gasteiger partial charge >= 0.3 is 19.8 Å². The molecule has 1 rings (SSSR count). The maximum atomic E-state index is 12.6. The second-order valence-electron chi connectivity index (χ2n) is 14.9. The summed E-state index contributed by atoms with van der Waals surface area (Å²) in [5, 5.41) is 0. The van der Waals surface area contributed by atoms with Crippen molar-refractivity contribution in [2.24, 2.45) is 5.73 Å². The van der Waals surface area contributed by atoms with Crippen LogP contribution < -0.4 is 5.73 Å². The van der Waals surface area contributed by atoms with Crippen molar-refractivity contribution in [1.29, 1.82) is 0 Å². The molecule has 11 heteroatoms. The highest BCUT2D eigenvalue weighted by atomic mass is 31.2. The molecule has 0 saturated carbocycles. The van der Waals surface area contributed by atoms with E-state index in [4.69, 9.17) is 29.0 Å². The number of carbonyl (C=O) groups excluding carboxylic acids is 2. The quantitative estimate of drug-likeness (QED) is 0.0202. The number of phosphoric acid groups is 1. The molecule has 0 radical (unpaired) electrons. The van der Waals surface area contributed by atoms with Crippen LogP contribution in [0.2, 0.25) is 0 Å². The van der Waals surface area contributed by atoms with Gasteiger partial charge in [0.25, 0.3) is 0 Å². The van der Waals surface area contributed by atoms with E-state index in [2.05, 4.69) is 38.2 Å². The molecule has 1 saturated heterocycles. The first-order chi connectivity index (χ1) is 26.3. The van der Waals surface area contributed by atoms with E-state index >= 15 is 0 Å². The molecule has 3 N–H and O–H groups in total. The van der Waals surface area contributed by atoms with Crippen LogP contribution in [-0.4, -0.2) is 61.5 Å². The summed E-state index contributed by atoms with van der Waals surface area (Å²) in [4.78, 5) is 34.9. The molecule has 0 aliphatic carbocycles. The Morgan fingerprint density at radius 2 is 1.15 bits per heavy atom. The van der Waals surface area contributed by atoms with Gasteiger partial charge in [-0.25, -0.2) is 4.57 Å². The van der Waals surface area contributed by atoms with E-state index in [0.717, 1.165) is 64.2 Å². The molecule has 1 aliphatic heterocycles. The monoisotopic (exact) mass is 786 g/mol. The van der Waals surface area contributed by atoms with Crippen molar-refractivity contribution >= 4 is 19.8 Å². The fourth-order valence-corrected chi connectivity index (χ4v) is 7.11. The number of esters is 2. The van der Waals surface area contributed by atoms with Crippen LogP contribution in [0.3, 0.4) is 0 Å². The maximum Gasteiger partial charge on any atom is 0.472 e. The molecule has 0 aromatic heterocycles. The highest BCUT2D eigenvalue weighted by Crippen LogP contribution is 2.43. The zero-order chi connectivity index (χ0) is 39.4. The van der Waals surface area contributed by atoms with E-state index in [0.29, 0.717) is 25.0 Å². The van der Waals surface area contributed by atoms with E-state index in [9.17, 15) is 19.0 Å². The molecule has 10 nitrogen and oxygen atoms in total. The minimum absolute atomic E-state index is 0.0492. The van der Waals surface area contributed by atoms with E-state index in [1.54, 1.807) is 0 Å². The summed E-state index contributed by atoms with van der Waals surface area (Å²) in [6.45, 7) is 3.68. The lowest BCUT2D eigenvalue weighted by molar-refractivity contribution is -0.161. The second-order valence-corrected chi connectivity index (χ2v) is 16.4. The average Bonchev–Trinajstić information content (AvgIpc) is 3.91. The van der Waals surface area contributed by atoms with Gasteiger partial charge in [-0.3, -0.25) is 18.6 Å². The Labute approximate surface area is 329 Å². The van der Waals surface area contributed by atoms with Crippen molar-refractivity contribution in [3.63, 3.8) is 0 Å². The van der Waals surface area contributed by atoms with Gasteiger partial charge in [0.15, 0.2) is 6.10 Å². The first-order valence-corrected chi connectivity index (χ1v) is 23.4. The van der Waals surface area contributed by atoms with Crippen molar-refractivity contribution in [3.05, 3.63) is 24.3 Å². The fraction of sp³-hybridized carbons (Fsp3) is 0.860. The Morgan fingerprint density at radius 3 is 1.72 bits per heavy atom. The van der Waals surface area contributed by atoms with Crippen LogP contribution in [0, 0.1) is 0 Å². The van der Waals surface area contributed by atoms with Crippen LogP contribution in [0.4, 0.5) is 0 Å². The molecule has 3 unspecified atom stereocenters. The van der Waals surface area contributed by atoms with Gasteiger partial charge in [-0.05, 0) is 64.2 Å². The molecule has 1 fully saturated rings. The lowest BCUT2D eigenvalue weighted by Gasteiger charge is -2.19. The summed E-state index contributed by atoms with van der Waals surface area (Å²) in [7, 11) is -4.38. The molecular weight excluding hydrogens is 705 g/mol.